The summed E-state index contributed by atoms with van der Waals surface area (Å²) in [5.74, 6) is -1.08. The number of carbonyl (C=O) groups excluding carboxylic acids is 3. The summed E-state index contributed by atoms with van der Waals surface area (Å²) in [6.07, 6.45) is 1.56. The van der Waals surface area contributed by atoms with Gasteiger partial charge in [0.05, 0.1) is 6.61 Å². The Morgan fingerprint density at radius 2 is 1.73 bits per heavy atom. The maximum Gasteiger partial charge on any atom is 0.417 e. The van der Waals surface area contributed by atoms with Crippen LogP contribution in [0.2, 0.25) is 0 Å². The van der Waals surface area contributed by atoms with E-state index in [0.717, 1.165) is 17.7 Å². The van der Waals surface area contributed by atoms with Crippen LogP contribution < -0.4 is 5.73 Å². The number of imide groups is 1. The number of amides is 2. The van der Waals surface area contributed by atoms with Crippen LogP contribution in [0, 0.1) is 0 Å². The van der Waals surface area contributed by atoms with Crippen LogP contribution in [-0.2, 0) is 19.1 Å². The minimum Gasteiger partial charge on any atom is -0.465 e. The molecule has 128 valence electrons. The SMILES string of the molecule is CCOC(=O)CN(C(=O)CCCCCN)C(=O)OC(C)(C)C. The molecule has 0 rings (SSSR count). The summed E-state index contributed by atoms with van der Waals surface area (Å²) in [6, 6.07) is 0. The third kappa shape index (κ3) is 9.33. The first-order chi connectivity index (χ1) is 10.2. The van der Waals surface area contributed by atoms with Crippen molar-refractivity contribution in [1.82, 2.24) is 4.90 Å². The summed E-state index contributed by atoms with van der Waals surface area (Å²) in [7, 11) is 0. The van der Waals surface area contributed by atoms with Gasteiger partial charge >= 0.3 is 12.1 Å². The van der Waals surface area contributed by atoms with Gasteiger partial charge in [-0.05, 0) is 47.1 Å². The molecule has 0 fully saturated rings. The molecule has 0 bridgehead atoms. The molecule has 0 aliphatic rings. The highest BCUT2D eigenvalue weighted by Crippen LogP contribution is 2.12. The van der Waals surface area contributed by atoms with E-state index in [1.54, 1.807) is 27.7 Å². The quantitative estimate of drug-likeness (QED) is 0.542. The standard InChI is InChI=1S/C15H28N2O5/c1-5-21-13(19)11-17(14(20)22-15(2,3)4)12(18)9-7-6-8-10-16/h5-11,16H2,1-4H3. The molecule has 2 amide bonds. The van der Waals surface area contributed by atoms with Crippen molar-refractivity contribution in [2.75, 3.05) is 19.7 Å². The van der Waals surface area contributed by atoms with Crippen LogP contribution in [0.3, 0.4) is 0 Å². The summed E-state index contributed by atoms with van der Waals surface area (Å²) in [5, 5.41) is 0. The van der Waals surface area contributed by atoms with Crippen molar-refractivity contribution >= 4 is 18.0 Å². The van der Waals surface area contributed by atoms with Crippen LogP contribution in [0.15, 0.2) is 0 Å². The lowest BCUT2D eigenvalue weighted by molar-refractivity contribution is -0.148. The molecule has 0 radical (unpaired) electrons. The Labute approximate surface area is 132 Å². The van der Waals surface area contributed by atoms with Crippen LogP contribution >= 0.6 is 0 Å². The van der Waals surface area contributed by atoms with Gasteiger partial charge in [0.15, 0.2) is 0 Å². The topological polar surface area (TPSA) is 98.9 Å². The lowest BCUT2D eigenvalue weighted by Gasteiger charge is -2.25. The molecule has 0 saturated heterocycles. The Hall–Kier alpha value is -1.63. The number of nitrogens with two attached hydrogens (primary N) is 1. The molecule has 7 heteroatoms. The minimum absolute atomic E-state index is 0.165. The van der Waals surface area contributed by atoms with Gasteiger partial charge in [-0.3, -0.25) is 9.59 Å². The Morgan fingerprint density at radius 3 is 2.23 bits per heavy atom. The van der Waals surface area contributed by atoms with Gasteiger partial charge in [0, 0.05) is 6.42 Å². The molecular weight excluding hydrogens is 288 g/mol. The van der Waals surface area contributed by atoms with E-state index in [0.29, 0.717) is 13.0 Å². The van der Waals surface area contributed by atoms with Gasteiger partial charge in [-0.2, -0.15) is 0 Å². The fraction of sp³-hybridized carbons (Fsp3) is 0.800. The summed E-state index contributed by atoms with van der Waals surface area (Å²) < 4.78 is 9.95. The Kier molecular flexibility index (Phi) is 9.40. The van der Waals surface area contributed by atoms with Crippen LogP contribution in [0.5, 0.6) is 0 Å². The maximum atomic E-state index is 12.2. The molecule has 7 nitrogen and oxygen atoms in total. The Bertz CT molecular complexity index is 377. The van der Waals surface area contributed by atoms with E-state index in [1.165, 1.54) is 0 Å². The smallest absolute Gasteiger partial charge is 0.417 e. The summed E-state index contributed by atoms with van der Waals surface area (Å²) >= 11 is 0. The van der Waals surface area contributed by atoms with Gasteiger partial charge in [-0.25, -0.2) is 9.69 Å². The largest absolute Gasteiger partial charge is 0.465 e. The van der Waals surface area contributed by atoms with Gasteiger partial charge in [0.1, 0.15) is 12.1 Å². The third-order valence-electron chi connectivity index (χ3n) is 2.60. The molecule has 0 aromatic rings. The fourth-order valence-corrected chi connectivity index (χ4v) is 1.64. The van der Waals surface area contributed by atoms with E-state index in [2.05, 4.69) is 0 Å². The zero-order valence-corrected chi connectivity index (χ0v) is 14.0. The second-order valence-corrected chi connectivity index (χ2v) is 5.86. The van der Waals surface area contributed by atoms with Crippen LogP contribution in [0.4, 0.5) is 4.79 Å². The summed E-state index contributed by atoms with van der Waals surface area (Å²) in [5.41, 5.74) is 4.65. The van der Waals surface area contributed by atoms with Crippen LogP contribution in [0.1, 0.15) is 53.4 Å². The van der Waals surface area contributed by atoms with Gasteiger partial charge in [-0.1, -0.05) is 6.42 Å². The van der Waals surface area contributed by atoms with E-state index in [1.807, 2.05) is 0 Å². The van der Waals surface area contributed by atoms with Crippen molar-refractivity contribution in [2.45, 2.75) is 59.0 Å². The average Bonchev–Trinajstić information content (AvgIpc) is 2.39. The van der Waals surface area contributed by atoms with E-state index >= 15 is 0 Å². The maximum absolute atomic E-state index is 12.2. The number of hydrogen-bond donors (Lipinski definition) is 1. The monoisotopic (exact) mass is 316 g/mol. The molecule has 0 aliphatic carbocycles. The number of rotatable bonds is 8. The number of nitrogens with zero attached hydrogens (tertiary/aromatic N) is 1. The number of unbranched alkanes of at least 4 members (excludes halogenated alkanes) is 2. The zero-order chi connectivity index (χ0) is 17.2. The molecule has 22 heavy (non-hydrogen) atoms. The van der Waals surface area contributed by atoms with Crippen molar-refractivity contribution in [3.8, 4) is 0 Å². The normalized spacial score (nSPS) is 11.0. The second kappa shape index (κ2) is 10.2. The van der Waals surface area contributed by atoms with Crippen LogP contribution in [-0.4, -0.2) is 48.2 Å². The molecule has 0 unspecified atom stereocenters. The predicted octanol–water partition coefficient (Wildman–Crippen LogP) is 1.83. The summed E-state index contributed by atoms with van der Waals surface area (Å²) in [4.78, 5) is 36.6. The average molecular weight is 316 g/mol. The van der Waals surface area contributed by atoms with Gasteiger partial charge in [0.25, 0.3) is 0 Å². The zero-order valence-electron chi connectivity index (χ0n) is 14.0. The third-order valence-corrected chi connectivity index (χ3v) is 2.60. The minimum atomic E-state index is -0.829. The molecule has 0 aliphatic heterocycles. The second-order valence-electron chi connectivity index (χ2n) is 5.86. The van der Waals surface area contributed by atoms with Crippen molar-refractivity contribution in [3.05, 3.63) is 0 Å². The molecule has 0 heterocycles. The van der Waals surface area contributed by atoms with Crippen molar-refractivity contribution in [1.29, 1.82) is 0 Å². The highest BCUT2D eigenvalue weighted by molar-refractivity contribution is 5.95. The first-order valence-corrected chi connectivity index (χ1v) is 7.60. The molecule has 0 atom stereocenters. The first-order valence-electron chi connectivity index (χ1n) is 7.60. The van der Waals surface area contributed by atoms with Gasteiger partial charge in [0.2, 0.25) is 5.91 Å². The van der Waals surface area contributed by atoms with Crippen LogP contribution in [0.25, 0.3) is 0 Å². The van der Waals surface area contributed by atoms with Crippen molar-refractivity contribution in [3.63, 3.8) is 0 Å². The van der Waals surface area contributed by atoms with E-state index in [4.69, 9.17) is 15.2 Å². The Morgan fingerprint density at radius 1 is 1.09 bits per heavy atom. The lowest BCUT2D eigenvalue weighted by Crippen LogP contribution is -2.44. The van der Waals surface area contributed by atoms with Gasteiger partial charge < -0.3 is 15.2 Å². The molecular formula is C15H28N2O5. The number of esters is 1. The van der Waals surface area contributed by atoms with E-state index in [9.17, 15) is 14.4 Å². The first kappa shape index (κ1) is 20.4. The number of hydrogen-bond acceptors (Lipinski definition) is 6. The van der Waals surface area contributed by atoms with Crippen molar-refractivity contribution < 1.29 is 23.9 Å². The highest BCUT2D eigenvalue weighted by atomic mass is 16.6. The predicted molar refractivity (Wildman–Crippen MR) is 82.1 cm³/mol. The van der Waals surface area contributed by atoms with Crippen molar-refractivity contribution in [2.24, 2.45) is 5.73 Å². The number of ether oxygens (including phenoxy) is 2. The number of carbonyl (C=O) groups is 3. The summed E-state index contributed by atoms with van der Waals surface area (Å²) in [6.45, 7) is 7.05. The highest BCUT2D eigenvalue weighted by Gasteiger charge is 2.29. The molecule has 0 saturated carbocycles. The fourth-order valence-electron chi connectivity index (χ4n) is 1.64. The molecule has 2 N–H and O–H groups in total. The van der Waals surface area contributed by atoms with E-state index < -0.39 is 30.1 Å². The lowest BCUT2D eigenvalue weighted by atomic mass is 10.2. The Balaban J connectivity index is 4.73. The van der Waals surface area contributed by atoms with Gasteiger partial charge in [-0.15, -0.1) is 0 Å². The molecule has 0 aromatic heterocycles. The molecule has 0 spiro atoms. The van der Waals surface area contributed by atoms with E-state index in [-0.39, 0.29) is 13.0 Å². The molecule has 0 aromatic carbocycles.